The quantitative estimate of drug-likeness (QED) is 0.0961. The Hall–Kier alpha value is -2.00. The van der Waals surface area contributed by atoms with Crippen molar-refractivity contribution >= 4 is 39.1 Å². The first-order valence-corrected chi connectivity index (χ1v) is 22.2. The van der Waals surface area contributed by atoms with Gasteiger partial charge in [-0.05, 0) is 54.4 Å². The van der Waals surface area contributed by atoms with Crippen molar-refractivity contribution in [3.05, 3.63) is 63.1 Å². The lowest BCUT2D eigenvalue weighted by Crippen LogP contribution is -2.31. The molecule has 0 fully saturated rings. The van der Waals surface area contributed by atoms with E-state index in [1.54, 1.807) is 18.2 Å². The maximum atomic E-state index is 12.9. The number of nitrogens with one attached hydrogen (secondary N) is 2. The number of nitrogens with zero attached hydrogens (tertiary/aromatic N) is 1. The first kappa shape index (κ1) is 50.4. The molecule has 2 aromatic carbocycles. The Kier molecular flexibility index (Phi) is 26.9. The van der Waals surface area contributed by atoms with Crippen LogP contribution >= 0.6 is 23.2 Å². The summed E-state index contributed by atoms with van der Waals surface area (Å²) in [4.78, 5) is 14.3. The monoisotopic (exact) mass is 879 g/mol. The first-order chi connectivity index (χ1) is 28.2. The maximum absolute atomic E-state index is 12.9. The summed E-state index contributed by atoms with van der Waals surface area (Å²) in [5.74, 6) is -0.0972. The van der Waals surface area contributed by atoms with E-state index in [9.17, 15) is 13.2 Å². The minimum atomic E-state index is -3.71. The smallest absolute Gasteiger partial charge is 0.240 e. The van der Waals surface area contributed by atoms with E-state index in [-0.39, 0.29) is 36.3 Å². The number of carbonyl (C=O) groups is 1. The fourth-order valence-electron chi connectivity index (χ4n) is 5.75. The number of hydrogen-bond acceptors (Lipinski definition) is 13. The molecule has 330 valence electrons. The minimum absolute atomic E-state index is 0.0206. The van der Waals surface area contributed by atoms with Crippen molar-refractivity contribution in [2.45, 2.75) is 37.1 Å². The zero-order valence-corrected chi connectivity index (χ0v) is 36.4. The van der Waals surface area contributed by atoms with Crippen LogP contribution in [0, 0.1) is 0 Å². The van der Waals surface area contributed by atoms with Crippen LogP contribution in [0.3, 0.4) is 0 Å². The Labute approximate surface area is 354 Å². The predicted octanol–water partition coefficient (Wildman–Crippen LogP) is 3.91. The van der Waals surface area contributed by atoms with E-state index < -0.39 is 10.0 Å². The lowest BCUT2D eigenvalue weighted by molar-refractivity contribution is -0.122. The standard InChI is InChI=1S/C40H63Cl2N3O12S/c1-3-11-49-15-19-53-23-25-56-27-28-57-26-24-54-20-16-50-12-8-40(46)43-9-13-51-17-21-55-22-18-52-14-10-44-58(47,48)35-6-4-33(5-7-35)37-31-45(2)32-38-36(37)29-34(41)30-39(38)42/h4-7,29-30,37,44H,3,8-28,31-32H2,1-2H3,(H,43,46). The molecule has 1 amide bonds. The van der Waals surface area contributed by atoms with Crippen molar-refractivity contribution in [3.8, 4) is 0 Å². The van der Waals surface area contributed by atoms with Crippen LogP contribution in [0.25, 0.3) is 0 Å². The summed E-state index contributed by atoms with van der Waals surface area (Å²) in [6.07, 6.45) is 1.26. The number of sulfonamides is 1. The van der Waals surface area contributed by atoms with E-state index in [4.69, 9.17) is 65.8 Å². The summed E-state index contributed by atoms with van der Waals surface area (Å²) < 4.78 is 77.3. The Morgan fingerprint density at radius 2 is 1.14 bits per heavy atom. The fraction of sp³-hybridized carbons (Fsp3) is 0.675. The number of rotatable bonds is 35. The van der Waals surface area contributed by atoms with Gasteiger partial charge < -0.3 is 52.8 Å². The van der Waals surface area contributed by atoms with Gasteiger partial charge in [0.2, 0.25) is 15.9 Å². The van der Waals surface area contributed by atoms with Gasteiger partial charge in [-0.1, -0.05) is 42.3 Å². The molecular formula is C40H63Cl2N3O12S. The van der Waals surface area contributed by atoms with E-state index in [1.807, 2.05) is 25.2 Å². The molecule has 1 unspecified atom stereocenters. The highest BCUT2D eigenvalue weighted by Gasteiger charge is 2.27. The molecule has 0 aromatic heterocycles. The van der Waals surface area contributed by atoms with Crippen LogP contribution < -0.4 is 10.0 Å². The zero-order valence-electron chi connectivity index (χ0n) is 34.0. The third-order valence-electron chi connectivity index (χ3n) is 8.62. The Morgan fingerprint density at radius 3 is 1.66 bits per heavy atom. The van der Waals surface area contributed by atoms with Gasteiger partial charge in [0, 0.05) is 55.2 Å². The van der Waals surface area contributed by atoms with E-state index in [0.717, 1.165) is 42.8 Å². The number of benzene rings is 2. The van der Waals surface area contributed by atoms with Crippen molar-refractivity contribution in [1.29, 1.82) is 0 Å². The summed E-state index contributed by atoms with van der Waals surface area (Å²) in [5.41, 5.74) is 3.09. The van der Waals surface area contributed by atoms with E-state index in [2.05, 4.69) is 21.9 Å². The summed E-state index contributed by atoms with van der Waals surface area (Å²) in [7, 11) is -1.68. The number of carbonyl (C=O) groups excluding carboxylic acids is 1. The number of hydrogen-bond donors (Lipinski definition) is 2. The van der Waals surface area contributed by atoms with Crippen molar-refractivity contribution < 1.29 is 55.8 Å². The summed E-state index contributed by atoms with van der Waals surface area (Å²) in [6.45, 7) is 12.0. The Balaban J connectivity index is 1.06. The Morgan fingerprint density at radius 1 is 0.672 bits per heavy atom. The average Bonchev–Trinajstić information content (AvgIpc) is 3.20. The summed E-state index contributed by atoms with van der Waals surface area (Å²) in [6, 6.07) is 10.6. The van der Waals surface area contributed by atoms with Crippen LogP contribution in [0.15, 0.2) is 41.3 Å². The minimum Gasteiger partial charge on any atom is -0.379 e. The molecule has 58 heavy (non-hydrogen) atoms. The SMILES string of the molecule is CCCOCCOCCOCCOCCOCCOCCC(=O)NCCOCCOCCOCCNS(=O)(=O)c1ccc(C2CN(C)Cc3c(Cl)cc(Cl)cc32)cc1. The lowest BCUT2D eigenvalue weighted by Gasteiger charge is -2.33. The van der Waals surface area contributed by atoms with Gasteiger partial charge in [0.15, 0.2) is 0 Å². The zero-order chi connectivity index (χ0) is 41.7. The largest absolute Gasteiger partial charge is 0.379 e. The molecule has 1 aliphatic rings. The average molecular weight is 881 g/mol. The molecule has 2 N–H and O–H groups in total. The molecule has 1 atom stereocenters. The molecule has 0 saturated carbocycles. The van der Waals surface area contributed by atoms with Gasteiger partial charge in [0.1, 0.15) is 0 Å². The van der Waals surface area contributed by atoms with Crippen LogP contribution in [-0.4, -0.2) is 165 Å². The van der Waals surface area contributed by atoms with Crippen molar-refractivity contribution in [2.24, 2.45) is 0 Å². The fourth-order valence-corrected chi connectivity index (χ4v) is 7.33. The maximum Gasteiger partial charge on any atom is 0.240 e. The van der Waals surface area contributed by atoms with E-state index in [1.165, 1.54) is 0 Å². The summed E-state index contributed by atoms with van der Waals surface area (Å²) >= 11 is 12.8. The van der Waals surface area contributed by atoms with Gasteiger partial charge in [-0.15, -0.1) is 0 Å². The predicted molar refractivity (Wildman–Crippen MR) is 222 cm³/mol. The molecule has 0 spiro atoms. The molecule has 0 bridgehead atoms. The second-order valence-corrected chi connectivity index (χ2v) is 15.9. The van der Waals surface area contributed by atoms with Gasteiger partial charge in [0.25, 0.3) is 0 Å². The number of ether oxygens (including phenoxy) is 9. The third kappa shape index (κ3) is 21.5. The molecule has 0 aliphatic carbocycles. The number of fused-ring (bicyclic) bond motifs is 1. The van der Waals surface area contributed by atoms with Crippen LogP contribution in [-0.2, 0) is 64.0 Å². The topological polar surface area (TPSA) is 162 Å². The van der Waals surface area contributed by atoms with Crippen molar-refractivity contribution in [3.63, 3.8) is 0 Å². The molecule has 0 saturated heterocycles. The molecule has 1 heterocycles. The van der Waals surface area contributed by atoms with E-state index >= 15 is 0 Å². The highest BCUT2D eigenvalue weighted by molar-refractivity contribution is 7.89. The second-order valence-electron chi connectivity index (χ2n) is 13.3. The van der Waals surface area contributed by atoms with Gasteiger partial charge in [-0.25, -0.2) is 13.1 Å². The lowest BCUT2D eigenvalue weighted by atomic mass is 9.85. The number of amides is 1. The number of halogens is 2. The van der Waals surface area contributed by atoms with Gasteiger partial charge in [-0.2, -0.15) is 0 Å². The third-order valence-corrected chi connectivity index (χ3v) is 10.7. The Bertz CT molecular complexity index is 1510. The van der Waals surface area contributed by atoms with Gasteiger partial charge >= 0.3 is 0 Å². The van der Waals surface area contributed by atoms with Crippen LogP contribution in [0.1, 0.15) is 42.4 Å². The van der Waals surface area contributed by atoms with Gasteiger partial charge in [-0.3, -0.25) is 4.79 Å². The van der Waals surface area contributed by atoms with Crippen LogP contribution in [0.5, 0.6) is 0 Å². The molecule has 0 radical (unpaired) electrons. The highest BCUT2D eigenvalue weighted by atomic mass is 35.5. The first-order valence-electron chi connectivity index (χ1n) is 19.9. The van der Waals surface area contributed by atoms with E-state index in [0.29, 0.717) is 122 Å². The molecular weight excluding hydrogens is 817 g/mol. The summed E-state index contributed by atoms with van der Waals surface area (Å²) in [5, 5.41) is 4.00. The van der Waals surface area contributed by atoms with Crippen LogP contribution in [0.2, 0.25) is 10.0 Å². The molecule has 15 nitrogen and oxygen atoms in total. The van der Waals surface area contributed by atoms with Crippen molar-refractivity contribution in [2.75, 3.05) is 146 Å². The second kappa shape index (κ2) is 30.9. The molecule has 3 rings (SSSR count). The van der Waals surface area contributed by atoms with Crippen molar-refractivity contribution in [1.82, 2.24) is 14.9 Å². The number of likely N-dealkylation sites (N-methyl/N-ethyl adjacent to an activating group) is 1. The molecule has 2 aromatic rings. The van der Waals surface area contributed by atoms with Crippen LogP contribution in [0.4, 0.5) is 0 Å². The normalized spacial score (nSPS) is 14.5. The molecule has 1 aliphatic heterocycles. The highest BCUT2D eigenvalue weighted by Crippen LogP contribution is 2.38. The van der Waals surface area contributed by atoms with Gasteiger partial charge in [0.05, 0.1) is 117 Å². The molecule has 18 heteroatoms.